The highest BCUT2D eigenvalue weighted by molar-refractivity contribution is 7.07. The summed E-state index contributed by atoms with van der Waals surface area (Å²) in [5.74, 6) is 0. The molecular weight excluding hydrogens is 248 g/mol. The fourth-order valence-electron chi connectivity index (χ4n) is 1.72. The Morgan fingerprint density at radius 2 is 2.33 bits per heavy atom. The van der Waals surface area contributed by atoms with Gasteiger partial charge in [-0.3, -0.25) is 0 Å². The van der Waals surface area contributed by atoms with Gasteiger partial charge >= 0.3 is 0 Å². The number of hydrogen-bond acceptors (Lipinski definition) is 6. The quantitative estimate of drug-likeness (QED) is 0.733. The summed E-state index contributed by atoms with van der Waals surface area (Å²) in [6.07, 6.45) is 0. The summed E-state index contributed by atoms with van der Waals surface area (Å²) in [7, 11) is 1.92. The van der Waals surface area contributed by atoms with E-state index in [1.807, 2.05) is 28.9 Å². The Kier molecular flexibility index (Phi) is 2.64. The highest BCUT2D eigenvalue weighted by atomic mass is 32.1. The van der Waals surface area contributed by atoms with Crippen LogP contribution in [-0.4, -0.2) is 17.0 Å². The fraction of sp³-hybridized carbons (Fsp3) is 0.167. The number of rotatable bonds is 3. The molecule has 2 aromatic heterocycles. The molecule has 18 heavy (non-hydrogen) atoms. The van der Waals surface area contributed by atoms with Crippen LogP contribution in [0.1, 0.15) is 5.69 Å². The first kappa shape index (κ1) is 11.0. The average molecular weight is 260 g/mol. The Morgan fingerprint density at radius 1 is 1.44 bits per heavy atom. The second-order valence-electron chi connectivity index (χ2n) is 4.06. The Hall–Kier alpha value is -2.08. The van der Waals surface area contributed by atoms with E-state index >= 15 is 0 Å². The van der Waals surface area contributed by atoms with Gasteiger partial charge in [-0.15, -0.1) is 11.3 Å². The van der Waals surface area contributed by atoms with Gasteiger partial charge in [-0.05, 0) is 18.2 Å². The van der Waals surface area contributed by atoms with Crippen LogP contribution >= 0.6 is 11.3 Å². The van der Waals surface area contributed by atoms with Crippen LogP contribution in [0.4, 0.5) is 11.7 Å². The predicted octanol–water partition coefficient (Wildman–Crippen LogP) is 2.50. The summed E-state index contributed by atoms with van der Waals surface area (Å²) in [5, 5.41) is 2.01. The molecule has 0 saturated heterocycles. The molecule has 0 atom stereocenters. The standard InChI is InChI=1S/C12H12N4OS/c1-16(5-9-6-18-7-14-9)12-15-10-4-8(13)2-3-11(10)17-12/h2-4,6-7H,5,13H2,1H3. The van der Waals surface area contributed by atoms with Crippen molar-refractivity contribution in [2.75, 3.05) is 17.7 Å². The first-order valence-electron chi connectivity index (χ1n) is 5.46. The van der Waals surface area contributed by atoms with E-state index in [0.717, 1.165) is 16.8 Å². The van der Waals surface area contributed by atoms with Crippen molar-refractivity contribution in [2.24, 2.45) is 0 Å². The topological polar surface area (TPSA) is 68.2 Å². The lowest BCUT2D eigenvalue weighted by Crippen LogP contribution is -2.16. The maximum Gasteiger partial charge on any atom is 0.298 e. The second-order valence-corrected chi connectivity index (χ2v) is 4.78. The molecule has 0 aliphatic rings. The van der Waals surface area contributed by atoms with Gasteiger partial charge in [0.1, 0.15) is 5.52 Å². The van der Waals surface area contributed by atoms with Crippen molar-refractivity contribution in [3.05, 3.63) is 34.8 Å². The minimum atomic E-state index is 0.573. The van der Waals surface area contributed by atoms with Gasteiger partial charge in [0, 0.05) is 18.1 Å². The molecule has 0 spiro atoms. The van der Waals surface area contributed by atoms with E-state index in [2.05, 4.69) is 9.97 Å². The molecule has 3 aromatic rings. The van der Waals surface area contributed by atoms with Gasteiger partial charge in [-0.2, -0.15) is 4.98 Å². The minimum Gasteiger partial charge on any atom is -0.423 e. The molecule has 1 aromatic carbocycles. The van der Waals surface area contributed by atoms with E-state index in [1.165, 1.54) is 0 Å². The van der Waals surface area contributed by atoms with Crippen LogP contribution < -0.4 is 10.6 Å². The number of fused-ring (bicyclic) bond motifs is 1. The van der Waals surface area contributed by atoms with E-state index in [-0.39, 0.29) is 0 Å². The molecule has 0 saturated carbocycles. The normalized spacial score (nSPS) is 10.9. The number of benzene rings is 1. The van der Waals surface area contributed by atoms with Crippen molar-refractivity contribution in [1.29, 1.82) is 0 Å². The summed E-state index contributed by atoms with van der Waals surface area (Å²) in [4.78, 5) is 10.6. The van der Waals surface area contributed by atoms with Gasteiger partial charge < -0.3 is 15.1 Å². The highest BCUT2D eigenvalue weighted by Gasteiger charge is 2.11. The molecule has 0 bridgehead atoms. The second kappa shape index (κ2) is 4.30. The number of anilines is 2. The van der Waals surface area contributed by atoms with Crippen molar-refractivity contribution in [1.82, 2.24) is 9.97 Å². The first-order valence-corrected chi connectivity index (χ1v) is 6.41. The van der Waals surface area contributed by atoms with E-state index < -0.39 is 0 Å². The van der Waals surface area contributed by atoms with Gasteiger partial charge in [0.15, 0.2) is 5.58 Å². The van der Waals surface area contributed by atoms with Gasteiger partial charge in [0.25, 0.3) is 6.01 Å². The molecule has 0 unspecified atom stereocenters. The van der Waals surface area contributed by atoms with Crippen LogP contribution in [0, 0.1) is 0 Å². The number of oxazole rings is 1. The summed E-state index contributed by atoms with van der Waals surface area (Å²) < 4.78 is 5.67. The predicted molar refractivity (Wildman–Crippen MR) is 72.6 cm³/mol. The van der Waals surface area contributed by atoms with E-state index in [1.54, 1.807) is 23.5 Å². The zero-order valence-electron chi connectivity index (χ0n) is 9.83. The van der Waals surface area contributed by atoms with Crippen molar-refractivity contribution >= 4 is 34.1 Å². The number of nitrogen functional groups attached to an aromatic ring is 1. The zero-order chi connectivity index (χ0) is 12.5. The molecule has 3 rings (SSSR count). The molecule has 0 aliphatic carbocycles. The molecule has 0 fully saturated rings. The Morgan fingerprint density at radius 3 is 3.11 bits per heavy atom. The third-order valence-corrected chi connectivity index (χ3v) is 3.24. The molecule has 5 nitrogen and oxygen atoms in total. The van der Waals surface area contributed by atoms with E-state index in [0.29, 0.717) is 18.2 Å². The minimum absolute atomic E-state index is 0.573. The van der Waals surface area contributed by atoms with Crippen LogP contribution in [0.3, 0.4) is 0 Å². The van der Waals surface area contributed by atoms with Gasteiger partial charge in [0.2, 0.25) is 0 Å². The number of aromatic nitrogens is 2. The van der Waals surface area contributed by atoms with Gasteiger partial charge in [-0.25, -0.2) is 4.98 Å². The summed E-state index contributed by atoms with van der Waals surface area (Å²) >= 11 is 1.58. The van der Waals surface area contributed by atoms with Gasteiger partial charge in [0.05, 0.1) is 17.7 Å². The van der Waals surface area contributed by atoms with E-state index in [9.17, 15) is 0 Å². The number of nitrogens with two attached hydrogens (primary N) is 1. The molecule has 0 aliphatic heterocycles. The van der Waals surface area contributed by atoms with Crippen molar-refractivity contribution in [2.45, 2.75) is 6.54 Å². The zero-order valence-corrected chi connectivity index (χ0v) is 10.6. The number of hydrogen-bond donors (Lipinski definition) is 1. The largest absolute Gasteiger partial charge is 0.423 e. The maximum atomic E-state index is 5.72. The summed E-state index contributed by atoms with van der Waals surface area (Å²) in [6, 6.07) is 6.01. The molecule has 6 heteroatoms. The number of nitrogens with zero attached hydrogens (tertiary/aromatic N) is 3. The van der Waals surface area contributed by atoms with Crippen LogP contribution in [0.2, 0.25) is 0 Å². The lowest BCUT2D eigenvalue weighted by atomic mass is 10.3. The van der Waals surface area contributed by atoms with Crippen LogP contribution in [-0.2, 0) is 6.54 Å². The number of thiazole rings is 1. The van der Waals surface area contributed by atoms with Crippen molar-refractivity contribution in [3.63, 3.8) is 0 Å². The van der Waals surface area contributed by atoms with Crippen LogP contribution in [0.25, 0.3) is 11.1 Å². The summed E-state index contributed by atoms with van der Waals surface area (Å²) in [5.41, 5.74) is 10.7. The van der Waals surface area contributed by atoms with Crippen molar-refractivity contribution in [3.8, 4) is 0 Å². The molecule has 2 N–H and O–H groups in total. The van der Waals surface area contributed by atoms with Crippen LogP contribution in [0.15, 0.2) is 33.5 Å². The van der Waals surface area contributed by atoms with E-state index in [4.69, 9.17) is 10.2 Å². The smallest absolute Gasteiger partial charge is 0.298 e. The lowest BCUT2D eigenvalue weighted by Gasteiger charge is -2.11. The molecule has 0 radical (unpaired) electrons. The highest BCUT2D eigenvalue weighted by Crippen LogP contribution is 2.23. The Bertz CT molecular complexity index is 662. The maximum absolute atomic E-state index is 5.72. The Labute approximate surface area is 108 Å². The van der Waals surface area contributed by atoms with Crippen LogP contribution in [0.5, 0.6) is 0 Å². The third-order valence-electron chi connectivity index (χ3n) is 2.61. The van der Waals surface area contributed by atoms with Gasteiger partial charge in [-0.1, -0.05) is 0 Å². The molecular formula is C12H12N4OS. The average Bonchev–Trinajstić information content (AvgIpc) is 2.96. The monoisotopic (exact) mass is 260 g/mol. The van der Waals surface area contributed by atoms with Crippen molar-refractivity contribution < 1.29 is 4.42 Å². The lowest BCUT2D eigenvalue weighted by molar-refractivity contribution is 0.581. The molecule has 92 valence electrons. The first-order chi connectivity index (χ1) is 8.72. The SMILES string of the molecule is CN(Cc1cscn1)c1nc2cc(N)ccc2o1. The fourth-order valence-corrected chi connectivity index (χ4v) is 2.27. The molecule has 0 amide bonds. The Balaban J connectivity index is 1.89. The third kappa shape index (κ3) is 2.02. The summed E-state index contributed by atoms with van der Waals surface area (Å²) in [6.45, 7) is 0.672. The molecule has 2 heterocycles.